The number of hydrogen-bond donors (Lipinski definition) is 1. The predicted octanol–water partition coefficient (Wildman–Crippen LogP) is 3.45. The van der Waals surface area contributed by atoms with E-state index in [4.69, 9.17) is 10.5 Å². The zero-order valence-corrected chi connectivity index (χ0v) is 10.7. The maximum Gasteiger partial charge on any atom is 0.122 e. The van der Waals surface area contributed by atoms with Crippen LogP contribution in [0.1, 0.15) is 17.5 Å². The highest BCUT2D eigenvalue weighted by Crippen LogP contribution is 2.20. The van der Waals surface area contributed by atoms with Crippen molar-refractivity contribution in [3.05, 3.63) is 59.7 Å². The lowest BCUT2D eigenvalue weighted by molar-refractivity contribution is 0.409. The van der Waals surface area contributed by atoms with Crippen LogP contribution >= 0.6 is 0 Å². The molecule has 2 nitrogen and oxygen atoms in total. The third-order valence-corrected chi connectivity index (χ3v) is 3.06. The molecule has 94 valence electrons. The number of rotatable bonds is 5. The zero-order valence-electron chi connectivity index (χ0n) is 10.7. The molecule has 2 aromatic rings. The minimum atomic E-state index is 0.838. The second-order valence-corrected chi connectivity index (χ2v) is 4.41. The van der Waals surface area contributed by atoms with Gasteiger partial charge in [0.2, 0.25) is 0 Å². The number of ether oxygens (including phenoxy) is 1. The SMILES string of the molecule is COc1ccccc1CCCc1cccc(N)c1. The van der Waals surface area contributed by atoms with E-state index in [-0.39, 0.29) is 0 Å². The van der Waals surface area contributed by atoms with E-state index in [1.165, 1.54) is 11.1 Å². The van der Waals surface area contributed by atoms with Gasteiger partial charge in [0.1, 0.15) is 5.75 Å². The van der Waals surface area contributed by atoms with E-state index in [9.17, 15) is 0 Å². The Morgan fingerprint density at radius 2 is 1.83 bits per heavy atom. The highest BCUT2D eigenvalue weighted by molar-refractivity contribution is 5.40. The molecule has 0 aromatic heterocycles. The lowest BCUT2D eigenvalue weighted by Crippen LogP contribution is -1.94. The Morgan fingerprint density at radius 3 is 2.61 bits per heavy atom. The second-order valence-electron chi connectivity index (χ2n) is 4.41. The van der Waals surface area contributed by atoms with Crippen molar-refractivity contribution in [1.82, 2.24) is 0 Å². The molecule has 0 heterocycles. The predicted molar refractivity (Wildman–Crippen MR) is 75.9 cm³/mol. The quantitative estimate of drug-likeness (QED) is 0.814. The molecule has 0 unspecified atom stereocenters. The van der Waals surface area contributed by atoms with Gasteiger partial charge in [0.25, 0.3) is 0 Å². The lowest BCUT2D eigenvalue weighted by Gasteiger charge is -2.08. The Hall–Kier alpha value is -1.96. The zero-order chi connectivity index (χ0) is 12.8. The number of nitrogens with two attached hydrogens (primary N) is 1. The van der Waals surface area contributed by atoms with Gasteiger partial charge < -0.3 is 10.5 Å². The number of hydrogen-bond acceptors (Lipinski definition) is 2. The summed E-state index contributed by atoms with van der Waals surface area (Å²) < 4.78 is 5.35. The van der Waals surface area contributed by atoms with Gasteiger partial charge >= 0.3 is 0 Å². The highest BCUT2D eigenvalue weighted by atomic mass is 16.5. The van der Waals surface area contributed by atoms with E-state index in [1.807, 2.05) is 30.3 Å². The van der Waals surface area contributed by atoms with Crippen LogP contribution in [0.25, 0.3) is 0 Å². The topological polar surface area (TPSA) is 35.2 Å². The van der Waals surface area contributed by atoms with Crippen LogP contribution in [-0.2, 0) is 12.8 Å². The summed E-state index contributed by atoms with van der Waals surface area (Å²) >= 11 is 0. The van der Waals surface area contributed by atoms with Crippen molar-refractivity contribution in [2.45, 2.75) is 19.3 Å². The Kier molecular flexibility index (Phi) is 4.24. The summed E-state index contributed by atoms with van der Waals surface area (Å²) in [5.74, 6) is 0.977. The number of methoxy groups -OCH3 is 1. The number of benzene rings is 2. The van der Waals surface area contributed by atoms with Crippen LogP contribution < -0.4 is 10.5 Å². The van der Waals surface area contributed by atoms with Crippen LogP contribution in [-0.4, -0.2) is 7.11 Å². The average molecular weight is 241 g/mol. The van der Waals surface area contributed by atoms with Gasteiger partial charge in [-0.05, 0) is 48.6 Å². The van der Waals surface area contributed by atoms with Crippen molar-refractivity contribution in [2.24, 2.45) is 0 Å². The number of para-hydroxylation sites is 1. The number of nitrogen functional groups attached to an aromatic ring is 1. The molecule has 0 saturated heterocycles. The van der Waals surface area contributed by atoms with Crippen LogP contribution in [0.3, 0.4) is 0 Å². The molecular formula is C16H19NO. The third-order valence-electron chi connectivity index (χ3n) is 3.06. The average Bonchev–Trinajstić information content (AvgIpc) is 2.39. The molecule has 0 bridgehead atoms. The molecule has 0 aliphatic rings. The summed E-state index contributed by atoms with van der Waals surface area (Å²) in [7, 11) is 1.72. The third kappa shape index (κ3) is 3.27. The molecule has 0 amide bonds. The van der Waals surface area contributed by atoms with E-state index in [0.717, 1.165) is 30.7 Å². The van der Waals surface area contributed by atoms with Crippen LogP contribution in [0.4, 0.5) is 5.69 Å². The molecule has 2 rings (SSSR count). The minimum absolute atomic E-state index is 0.838. The summed E-state index contributed by atoms with van der Waals surface area (Å²) in [6.45, 7) is 0. The van der Waals surface area contributed by atoms with E-state index >= 15 is 0 Å². The normalized spacial score (nSPS) is 10.3. The van der Waals surface area contributed by atoms with E-state index in [1.54, 1.807) is 7.11 Å². The Balaban J connectivity index is 1.92. The largest absolute Gasteiger partial charge is 0.496 e. The van der Waals surface area contributed by atoms with Gasteiger partial charge in [-0.15, -0.1) is 0 Å². The van der Waals surface area contributed by atoms with Crippen molar-refractivity contribution >= 4 is 5.69 Å². The van der Waals surface area contributed by atoms with Gasteiger partial charge in [-0.25, -0.2) is 0 Å². The highest BCUT2D eigenvalue weighted by Gasteiger charge is 2.01. The Morgan fingerprint density at radius 1 is 1.00 bits per heavy atom. The van der Waals surface area contributed by atoms with Gasteiger partial charge in [0, 0.05) is 5.69 Å². The Bertz CT molecular complexity index is 508. The van der Waals surface area contributed by atoms with Crippen molar-refractivity contribution < 1.29 is 4.74 Å². The summed E-state index contributed by atoms with van der Waals surface area (Å²) in [6.07, 6.45) is 3.17. The van der Waals surface area contributed by atoms with Crippen molar-refractivity contribution in [3.8, 4) is 5.75 Å². The lowest BCUT2D eigenvalue weighted by atomic mass is 10.0. The second kappa shape index (κ2) is 6.10. The summed E-state index contributed by atoms with van der Waals surface area (Å²) in [5.41, 5.74) is 9.17. The fourth-order valence-corrected chi connectivity index (χ4v) is 2.14. The molecule has 0 spiro atoms. The van der Waals surface area contributed by atoms with Gasteiger partial charge in [-0.3, -0.25) is 0 Å². The molecule has 2 heteroatoms. The smallest absolute Gasteiger partial charge is 0.122 e. The molecule has 0 aliphatic heterocycles. The fraction of sp³-hybridized carbons (Fsp3) is 0.250. The van der Waals surface area contributed by atoms with Crippen molar-refractivity contribution in [1.29, 1.82) is 0 Å². The molecule has 0 atom stereocenters. The van der Waals surface area contributed by atoms with Gasteiger partial charge in [-0.1, -0.05) is 30.3 Å². The summed E-state index contributed by atoms with van der Waals surface area (Å²) in [5, 5.41) is 0. The van der Waals surface area contributed by atoms with Gasteiger partial charge in [0.05, 0.1) is 7.11 Å². The maximum absolute atomic E-state index is 5.77. The van der Waals surface area contributed by atoms with Gasteiger partial charge in [-0.2, -0.15) is 0 Å². The molecule has 18 heavy (non-hydrogen) atoms. The first kappa shape index (κ1) is 12.5. The maximum atomic E-state index is 5.77. The van der Waals surface area contributed by atoms with E-state index in [0.29, 0.717) is 0 Å². The first-order valence-corrected chi connectivity index (χ1v) is 6.26. The first-order valence-electron chi connectivity index (χ1n) is 6.26. The molecular weight excluding hydrogens is 222 g/mol. The van der Waals surface area contributed by atoms with E-state index < -0.39 is 0 Å². The molecule has 2 aromatic carbocycles. The number of aryl methyl sites for hydroxylation is 2. The van der Waals surface area contributed by atoms with Crippen LogP contribution in [0, 0.1) is 0 Å². The van der Waals surface area contributed by atoms with E-state index in [2.05, 4.69) is 18.2 Å². The minimum Gasteiger partial charge on any atom is -0.496 e. The monoisotopic (exact) mass is 241 g/mol. The van der Waals surface area contributed by atoms with Crippen molar-refractivity contribution in [2.75, 3.05) is 12.8 Å². The number of anilines is 1. The van der Waals surface area contributed by atoms with Crippen LogP contribution in [0.5, 0.6) is 5.75 Å². The van der Waals surface area contributed by atoms with Crippen molar-refractivity contribution in [3.63, 3.8) is 0 Å². The summed E-state index contributed by atoms with van der Waals surface area (Å²) in [6, 6.07) is 16.3. The first-order chi connectivity index (χ1) is 8.79. The Labute approximate surface area is 108 Å². The standard InChI is InChI=1S/C16H19NO/c1-18-16-11-3-2-8-14(16)9-4-6-13-7-5-10-15(17)12-13/h2-3,5,7-8,10-12H,4,6,9,17H2,1H3. The molecule has 2 N–H and O–H groups in total. The fourth-order valence-electron chi connectivity index (χ4n) is 2.14. The van der Waals surface area contributed by atoms with Gasteiger partial charge in [0.15, 0.2) is 0 Å². The molecule has 0 fully saturated rings. The van der Waals surface area contributed by atoms with Crippen LogP contribution in [0.15, 0.2) is 48.5 Å². The molecule has 0 aliphatic carbocycles. The molecule has 0 saturated carbocycles. The van der Waals surface area contributed by atoms with Crippen LogP contribution in [0.2, 0.25) is 0 Å². The molecule has 0 radical (unpaired) electrons. The summed E-state index contributed by atoms with van der Waals surface area (Å²) in [4.78, 5) is 0.